The van der Waals surface area contributed by atoms with Gasteiger partial charge in [0.25, 0.3) is 0 Å². The number of alkyl halides is 2. The zero-order chi connectivity index (χ0) is 25.3. The number of rotatable bonds is 12. The van der Waals surface area contributed by atoms with Crippen molar-refractivity contribution in [1.82, 2.24) is 4.98 Å². The van der Waals surface area contributed by atoms with E-state index < -0.39 is 6.61 Å². The van der Waals surface area contributed by atoms with Crippen molar-refractivity contribution < 1.29 is 17.9 Å². The standard InChI is InChI=1S/C31H32F3NO/c1-2-3-4-5-6-7-23-11-19-29(35-21-23)26-15-18-28-25(20-26)14-13-24(30(28)32)12-8-22-9-16-27(17-10-22)36-31(33)34/h9-11,13-21,31H,2-8,12H2,1H3. The summed E-state index contributed by atoms with van der Waals surface area (Å²) in [5, 5.41) is 1.42. The van der Waals surface area contributed by atoms with Gasteiger partial charge >= 0.3 is 6.61 Å². The van der Waals surface area contributed by atoms with Gasteiger partial charge in [0.05, 0.1) is 5.69 Å². The van der Waals surface area contributed by atoms with Crippen LogP contribution in [0.4, 0.5) is 13.2 Å². The minimum absolute atomic E-state index is 0.118. The first-order valence-corrected chi connectivity index (χ1v) is 12.7. The summed E-state index contributed by atoms with van der Waals surface area (Å²) in [4.78, 5) is 4.65. The first kappa shape index (κ1) is 25.7. The van der Waals surface area contributed by atoms with Gasteiger partial charge in [-0.15, -0.1) is 0 Å². The molecule has 0 aliphatic heterocycles. The normalized spacial score (nSPS) is 11.4. The highest BCUT2D eigenvalue weighted by Crippen LogP contribution is 2.28. The van der Waals surface area contributed by atoms with Gasteiger partial charge in [-0.2, -0.15) is 8.78 Å². The fourth-order valence-corrected chi connectivity index (χ4v) is 4.48. The molecule has 0 saturated heterocycles. The molecule has 0 unspecified atom stereocenters. The topological polar surface area (TPSA) is 22.1 Å². The predicted octanol–water partition coefficient (Wildman–Crippen LogP) is 8.94. The third kappa shape index (κ3) is 6.87. The highest BCUT2D eigenvalue weighted by molar-refractivity contribution is 5.88. The minimum atomic E-state index is -2.84. The lowest BCUT2D eigenvalue weighted by Gasteiger charge is -2.10. The number of nitrogens with zero attached hydrogens (tertiary/aromatic N) is 1. The first-order valence-electron chi connectivity index (χ1n) is 12.7. The summed E-state index contributed by atoms with van der Waals surface area (Å²) in [6.07, 6.45) is 10.4. The minimum Gasteiger partial charge on any atom is -0.435 e. The number of hydrogen-bond acceptors (Lipinski definition) is 2. The average Bonchev–Trinajstić information content (AvgIpc) is 2.89. The molecule has 0 fully saturated rings. The fourth-order valence-electron chi connectivity index (χ4n) is 4.48. The largest absolute Gasteiger partial charge is 0.435 e. The highest BCUT2D eigenvalue weighted by atomic mass is 19.3. The molecule has 2 nitrogen and oxygen atoms in total. The lowest BCUT2D eigenvalue weighted by atomic mass is 9.98. The van der Waals surface area contributed by atoms with Gasteiger partial charge in [0.1, 0.15) is 11.6 Å². The lowest BCUT2D eigenvalue weighted by molar-refractivity contribution is -0.0498. The maximum absolute atomic E-state index is 15.2. The number of unbranched alkanes of at least 4 members (excludes halogenated alkanes) is 4. The second-order valence-electron chi connectivity index (χ2n) is 9.21. The zero-order valence-corrected chi connectivity index (χ0v) is 20.7. The number of aryl methyl sites for hydroxylation is 3. The van der Waals surface area contributed by atoms with Crippen LogP contribution in [0.3, 0.4) is 0 Å². The van der Waals surface area contributed by atoms with E-state index in [1.54, 1.807) is 12.1 Å². The van der Waals surface area contributed by atoms with E-state index in [1.807, 2.05) is 42.6 Å². The molecule has 0 saturated carbocycles. The summed E-state index contributed by atoms with van der Waals surface area (Å²) in [6.45, 7) is -0.618. The molecule has 0 spiro atoms. The molecule has 4 aromatic rings. The molecule has 4 rings (SSSR count). The molecule has 0 radical (unpaired) electrons. The molecule has 1 aromatic heterocycles. The van der Waals surface area contributed by atoms with Crippen LogP contribution < -0.4 is 4.74 Å². The van der Waals surface area contributed by atoms with Crippen molar-refractivity contribution >= 4 is 10.8 Å². The summed E-state index contributed by atoms with van der Waals surface area (Å²) in [5.41, 5.74) is 4.67. The van der Waals surface area contributed by atoms with E-state index in [1.165, 1.54) is 49.8 Å². The number of ether oxygens (including phenoxy) is 1. The molecule has 188 valence electrons. The number of halogens is 3. The Morgan fingerprint density at radius 1 is 0.778 bits per heavy atom. The number of fused-ring (bicyclic) bond motifs is 1. The molecule has 3 aromatic carbocycles. The Balaban J connectivity index is 1.40. The van der Waals surface area contributed by atoms with Gasteiger partial charge in [-0.25, -0.2) is 4.39 Å². The first-order chi connectivity index (χ1) is 17.5. The van der Waals surface area contributed by atoms with Gasteiger partial charge in [0.15, 0.2) is 0 Å². The highest BCUT2D eigenvalue weighted by Gasteiger charge is 2.10. The Morgan fingerprint density at radius 3 is 2.28 bits per heavy atom. The Hall–Kier alpha value is -3.34. The summed E-state index contributed by atoms with van der Waals surface area (Å²) < 4.78 is 44.2. The molecule has 0 bridgehead atoms. The average molecular weight is 492 g/mol. The molecule has 1 heterocycles. The van der Waals surface area contributed by atoms with Gasteiger partial charge < -0.3 is 4.74 Å². The Kier molecular flexibility index (Phi) is 8.99. The number of hydrogen-bond donors (Lipinski definition) is 0. The number of aromatic nitrogens is 1. The zero-order valence-electron chi connectivity index (χ0n) is 20.7. The van der Waals surface area contributed by atoms with Gasteiger partial charge in [0, 0.05) is 17.1 Å². The second kappa shape index (κ2) is 12.6. The van der Waals surface area contributed by atoms with Crippen molar-refractivity contribution in [2.24, 2.45) is 0 Å². The van der Waals surface area contributed by atoms with E-state index in [4.69, 9.17) is 0 Å². The van der Waals surface area contributed by atoms with Crippen molar-refractivity contribution in [1.29, 1.82) is 0 Å². The Morgan fingerprint density at radius 2 is 1.56 bits per heavy atom. The molecule has 0 aliphatic rings. The second-order valence-corrected chi connectivity index (χ2v) is 9.21. The maximum atomic E-state index is 15.2. The summed E-state index contributed by atoms with van der Waals surface area (Å²) in [5.74, 6) is -0.101. The van der Waals surface area contributed by atoms with Gasteiger partial charge in [-0.05, 0) is 72.0 Å². The van der Waals surface area contributed by atoms with Crippen LogP contribution in [0, 0.1) is 5.82 Å². The maximum Gasteiger partial charge on any atom is 0.387 e. The smallest absolute Gasteiger partial charge is 0.387 e. The van der Waals surface area contributed by atoms with Crippen molar-refractivity contribution in [2.45, 2.75) is 64.9 Å². The van der Waals surface area contributed by atoms with E-state index in [0.717, 1.165) is 28.6 Å². The molecule has 36 heavy (non-hydrogen) atoms. The molecule has 0 N–H and O–H groups in total. The van der Waals surface area contributed by atoms with Gasteiger partial charge in [-0.1, -0.05) is 75.1 Å². The third-order valence-corrected chi connectivity index (χ3v) is 6.56. The van der Waals surface area contributed by atoms with Crippen LogP contribution in [0.1, 0.15) is 55.7 Å². The SMILES string of the molecule is CCCCCCCc1ccc(-c2ccc3c(F)c(CCc4ccc(OC(F)F)cc4)ccc3c2)nc1. The quantitative estimate of drug-likeness (QED) is 0.185. The molecular weight excluding hydrogens is 459 g/mol. The molecule has 0 atom stereocenters. The predicted molar refractivity (Wildman–Crippen MR) is 140 cm³/mol. The van der Waals surface area contributed by atoms with Crippen molar-refractivity contribution in [2.75, 3.05) is 0 Å². The van der Waals surface area contributed by atoms with Crippen LogP contribution in [-0.2, 0) is 19.3 Å². The molecule has 0 amide bonds. The van der Waals surface area contributed by atoms with Crippen LogP contribution in [0.15, 0.2) is 72.9 Å². The molecule has 5 heteroatoms. The van der Waals surface area contributed by atoms with E-state index in [0.29, 0.717) is 23.8 Å². The summed E-state index contributed by atoms with van der Waals surface area (Å²) in [6, 6.07) is 20.2. The Labute approximate surface area is 211 Å². The van der Waals surface area contributed by atoms with Crippen molar-refractivity contribution in [3.63, 3.8) is 0 Å². The van der Waals surface area contributed by atoms with Crippen LogP contribution >= 0.6 is 0 Å². The van der Waals surface area contributed by atoms with E-state index >= 15 is 4.39 Å². The van der Waals surface area contributed by atoms with Crippen LogP contribution in [0.25, 0.3) is 22.0 Å². The monoisotopic (exact) mass is 491 g/mol. The van der Waals surface area contributed by atoms with E-state index in [-0.39, 0.29) is 11.6 Å². The van der Waals surface area contributed by atoms with E-state index in [2.05, 4.69) is 22.7 Å². The lowest BCUT2D eigenvalue weighted by Crippen LogP contribution is -2.02. The summed E-state index contributed by atoms with van der Waals surface area (Å²) >= 11 is 0. The van der Waals surface area contributed by atoms with Gasteiger partial charge in [-0.3, -0.25) is 4.98 Å². The van der Waals surface area contributed by atoms with E-state index in [9.17, 15) is 8.78 Å². The third-order valence-electron chi connectivity index (χ3n) is 6.56. The van der Waals surface area contributed by atoms with Crippen molar-refractivity contribution in [3.8, 4) is 17.0 Å². The van der Waals surface area contributed by atoms with Crippen molar-refractivity contribution in [3.05, 3.63) is 95.4 Å². The number of benzene rings is 3. The van der Waals surface area contributed by atoms with Crippen LogP contribution in [0.5, 0.6) is 5.75 Å². The fraction of sp³-hybridized carbons (Fsp3) is 0.323. The number of pyridine rings is 1. The van der Waals surface area contributed by atoms with Gasteiger partial charge in [0.2, 0.25) is 0 Å². The molecule has 0 aliphatic carbocycles. The Bertz CT molecular complexity index is 1250. The van der Waals surface area contributed by atoms with Crippen LogP contribution in [-0.4, -0.2) is 11.6 Å². The molecular formula is C31H32F3NO. The van der Waals surface area contributed by atoms with Crippen LogP contribution in [0.2, 0.25) is 0 Å². The summed E-state index contributed by atoms with van der Waals surface area (Å²) in [7, 11) is 0.